The van der Waals surface area contributed by atoms with Crippen molar-refractivity contribution < 1.29 is 4.42 Å². The summed E-state index contributed by atoms with van der Waals surface area (Å²) >= 11 is 0. The fourth-order valence-electron chi connectivity index (χ4n) is 7.23. The molecule has 8 rings (SSSR count). The van der Waals surface area contributed by atoms with Gasteiger partial charge in [0.2, 0.25) is 0 Å². The highest BCUT2D eigenvalue weighted by atomic mass is 16.3. The highest BCUT2D eigenvalue weighted by Crippen LogP contribution is 2.44. The van der Waals surface area contributed by atoms with E-state index in [1.54, 1.807) is 0 Å². The summed E-state index contributed by atoms with van der Waals surface area (Å²) in [5.74, 6) is 0. The molecule has 0 spiro atoms. The molecule has 0 radical (unpaired) electrons. The zero-order valence-electron chi connectivity index (χ0n) is 32.0. The van der Waals surface area contributed by atoms with Gasteiger partial charge in [-0.25, -0.2) is 0 Å². The van der Waals surface area contributed by atoms with E-state index in [4.69, 9.17) is 4.42 Å². The SMILES string of the molecule is CC(C)(C)c1ccc(N(c2ccc(C(C)(C)C)cc2)c2cc(Nc3cccc4oc5ccccc5c34)cc(N(c3ccccc3)c3ccccc3)c2)cc1. The van der Waals surface area contributed by atoms with E-state index < -0.39 is 0 Å². The molecule has 0 aliphatic heterocycles. The highest BCUT2D eigenvalue weighted by molar-refractivity contribution is 6.12. The van der Waals surface area contributed by atoms with Crippen LogP contribution in [-0.4, -0.2) is 0 Å². The number of hydrogen-bond acceptors (Lipinski definition) is 4. The Labute approximate surface area is 319 Å². The van der Waals surface area contributed by atoms with Crippen LogP contribution in [0.1, 0.15) is 52.7 Å². The molecule has 0 unspecified atom stereocenters. The Morgan fingerprint density at radius 3 is 1.35 bits per heavy atom. The average Bonchev–Trinajstić information content (AvgIpc) is 3.55. The number of para-hydroxylation sites is 3. The average molecular weight is 706 g/mol. The van der Waals surface area contributed by atoms with Gasteiger partial charge < -0.3 is 19.5 Å². The maximum absolute atomic E-state index is 6.30. The van der Waals surface area contributed by atoms with Crippen LogP contribution in [0.25, 0.3) is 21.9 Å². The second kappa shape index (κ2) is 13.9. The third kappa shape index (κ3) is 6.95. The van der Waals surface area contributed by atoms with Crippen LogP contribution in [0.2, 0.25) is 0 Å². The third-order valence-electron chi connectivity index (χ3n) is 10.1. The van der Waals surface area contributed by atoms with E-state index in [-0.39, 0.29) is 10.8 Å². The zero-order chi connectivity index (χ0) is 37.5. The molecule has 1 heterocycles. The van der Waals surface area contributed by atoms with Crippen molar-refractivity contribution in [2.24, 2.45) is 0 Å². The van der Waals surface area contributed by atoms with Crippen LogP contribution < -0.4 is 15.1 Å². The van der Waals surface area contributed by atoms with Crippen LogP contribution in [-0.2, 0) is 10.8 Å². The first kappa shape index (κ1) is 34.8. The molecule has 7 aromatic carbocycles. The van der Waals surface area contributed by atoms with Gasteiger partial charge in [-0.1, -0.05) is 126 Å². The monoisotopic (exact) mass is 705 g/mol. The maximum atomic E-state index is 6.30. The second-order valence-electron chi connectivity index (χ2n) is 16.1. The summed E-state index contributed by atoms with van der Waals surface area (Å²) in [6.07, 6.45) is 0. The molecule has 8 aromatic rings. The lowest BCUT2D eigenvalue weighted by Crippen LogP contribution is -2.15. The molecule has 0 atom stereocenters. The molecule has 0 bridgehead atoms. The van der Waals surface area contributed by atoms with E-state index in [9.17, 15) is 0 Å². The highest BCUT2D eigenvalue weighted by Gasteiger charge is 2.22. The molecule has 4 nitrogen and oxygen atoms in total. The number of rotatable bonds is 8. The Hall–Kier alpha value is -6.26. The molecule has 0 aliphatic rings. The summed E-state index contributed by atoms with van der Waals surface area (Å²) in [6, 6.07) is 60.5. The van der Waals surface area contributed by atoms with Crippen LogP contribution in [0.4, 0.5) is 45.5 Å². The number of benzene rings is 7. The molecule has 0 aliphatic carbocycles. The first-order chi connectivity index (χ1) is 26.0. The largest absolute Gasteiger partial charge is 0.456 e. The van der Waals surface area contributed by atoms with E-state index in [0.29, 0.717) is 0 Å². The van der Waals surface area contributed by atoms with Gasteiger partial charge in [-0.05, 0) is 107 Å². The van der Waals surface area contributed by atoms with Gasteiger partial charge in [0.1, 0.15) is 11.2 Å². The van der Waals surface area contributed by atoms with E-state index in [1.165, 1.54) is 11.1 Å². The van der Waals surface area contributed by atoms with Crippen molar-refractivity contribution >= 4 is 67.4 Å². The number of nitrogens with zero attached hydrogens (tertiary/aromatic N) is 2. The molecule has 1 aromatic heterocycles. The molecule has 268 valence electrons. The molecular weight excluding hydrogens is 659 g/mol. The summed E-state index contributed by atoms with van der Waals surface area (Å²) in [5.41, 5.74) is 12.7. The first-order valence-electron chi connectivity index (χ1n) is 18.8. The van der Waals surface area contributed by atoms with E-state index in [1.807, 2.05) is 18.2 Å². The van der Waals surface area contributed by atoms with E-state index in [0.717, 1.165) is 67.4 Å². The van der Waals surface area contributed by atoms with Crippen molar-refractivity contribution in [3.8, 4) is 0 Å². The third-order valence-corrected chi connectivity index (χ3v) is 10.1. The quantitative estimate of drug-likeness (QED) is 0.171. The molecular formula is C50H47N3O. The number of fused-ring (bicyclic) bond motifs is 3. The Morgan fingerprint density at radius 1 is 0.407 bits per heavy atom. The number of furan rings is 1. The predicted octanol–water partition coefficient (Wildman–Crippen LogP) is 14.9. The Balaban J connectivity index is 1.36. The summed E-state index contributed by atoms with van der Waals surface area (Å²) in [6.45, 7) is 13.6. The van der Waals surface area contributed by atoms with Gasteiger partial charge in [0, 0.05) is 33.8 Å². The van der Waals surface area contributed by atoms with Gasteiger partial charge in [0.15, 0.2) is 0 Å². The summed E-state index contributed by atoms with van der Waals surface area (Å²) in [4.78, 5) is 4.70. The van der Waals surface area contributed by atoms with Crippen LogP contribution in [0.15, 0.2) is 174 Å². The second-order valence-corrected chi connectivity index (χ2v) is 16.1. The van der Waals surface area contributed by atoms with Crippen molar-refractivity contribution in [1.29, 1.82) is 0 Å². The fourth-order valence-corrected chi connectivity index (χ4v) is 7.23. The van der Waals surface area contributed by atoms with Crippen LogP contribution in [0, 0.1) is 0 Å². The van der Waals surface area contributed by atoms with Gasteiger partial charge in [0.05, 0.1) is 22.4 Å². The fraction of sp³-hybridized carbons (Fsp3) is 0.160. The van der Waals surface area contributed by atoms with Crippen LogP contribution in [0.3, 0.4) is 0 Å². The van der Waals surface area contributed by atoms with Crippen molar-refractivity contribution in [2.45, 2.75) is 52.4 Å². The topological polar surface area (TPSA) is 31.6 Å². The van der Waals surface area contributed by atoms with Gasteiger partial charge in [-0.2, -0.15) is 0 Å². The molecule has 0 fully saturated rings. The van der Waals surface area contributed by atoms with Gasteiger partial charge in [0.25, 0.3) is 0 Å². The molecule has 1 N–H and O–H groups in total. The Morgan fingerprint density at radius 2 is 0.852 bits per heavy atom. The number of nitrogens with one attached hydrogen (secondary N) is 1. The molecule has 4 heteroatoms. The Bertz CT molecular complexity index is 2430. The normalized spacial score (nSPS) is 11.9. The van der Waals surface area contributed by atoms with Gasteiger partial charge in [-0.3, -0.25) is 0 Å². The predicted molar refractivity (Wildman–Crippen MR) is 230 cm³/mol. The minimum absolute atomic E-state index is 0.0405. The standard InChI is InChI=1S/C50H47N3O/c1-49(2,3)35-24-28-40(29-25-35)53(41-30-26-36(27-31-41)50(4,5)6)43-33-37(51-45-21-15-23-47-48(45)44-20-13-14-22-46(44)54-47)32-42(34-43)52(38-16-9-7-10-17-38)39-18-11-8-12-19-39/h7-34,51H,1-6H3. The van der Waals surface area contributed by atoms with Crippen molar-refractivity contribution in [3.05, 3.63) is 181 Å². The molecule has 0 saturated carbocycles. The van der Waals surface area contributed by atoms with Crippen molar-refractivity contribution in [3.63, 3.8) is 0 Å². The maximum Gasteiger partial charge on any atom is 0.137 e. The summed E-state index contributed by atoms with van der Waals surface area (Å²) < 4.78 is 6.30. The van der Waals surface area contributed by atoms with E-state index in [2.05, 4.69) is 208 Å². The lowest BCUT2D eigenvalue weighted by molar-refractivity contribution is 0.590. The minimum atomic E-state index is 0.0405. The lowest BCUT2D eigenvalue weighted by Gasteiger charge is -2.31. The zero-order valence-corrected chi connectivity index (χ0v) is 32.0. The van der Waals surface area contributed by atoms with Gasteiger partial charge >= 0.3 is 0 Å². The molecule has 54 heavy (non-hydrogen) atoms. The van der Waals surface area contributed by atoms with Crippen LogP contribution >= 0.6 is 0 Å². The number of hydrogen-bond donors (Lipinski definition) is 1. The smallest absolute Gasteiger partial charge is 0.137 e. The van der Waals surface area contributed by atoms with E-state index >= 15 is 0 Å². The number of anilines is 8. The first-order valence-corrected chi connectivity index (χ1v) is 18.8. The van der Waals surface area contributed by atoms with Crippen molar-refractivity contribution in [2.75, 3.05) is 15.1 Å². The molecule has 0 saturated heterocycles. The minimum Gasteiger partial charge on any atom is -0.456 e. The van der Waals surface area contributed by atoms with Gasteiger partial charge in [-0.15, -0.1) is 0 Å². The lowest BCUT2D eigenvalue weighted by atomic mass is 9.86. The van der Waals surface area contributed by atoms with Crippen molar-refractivity contribution in [1.82, 2.24) is 0 Å². The summed E-state index contributed by atoms with van der Waals surface area (Å²) in [7, 11) is 0. The van der Waals surface area contributed by atoms with Crippen LogP contribution in [0.5, 0.6) is 0 Å². The molecule has 0 amide bonds. The summed E-state index contributed by atoms with van der Waals surface area (Å²) in [5, 5.41) is 6.02. The Kier molecular flexibility index (Phi) is 8.99.